The third-order valence-electron chi connectivity index (χ3n) is 4.28. The van der Waals surface area contributed by atoms with Gasteiger partial charge in [0.05, 0.1) is 0 Å². The molecule has 1 heterocycles. The van der Waals surface area contributed by atoms with Crippen molar-refractivity contribution < 1.29 is 4.79 Å². The van der Waals surface area contributed by atoms with Crippen LogP contribution in [-0.2, 0) is 6.54 Å². The molecule has 0 saturated carbocycles. The Kier molecular flexibility index (Phi) is 4.99. The van der Waals surface area contributed by atoms with Gasteiger partial charge < -0.3 is 4.90 Å². The molecule has 0 unspecified atom stereocenters. The predicted molar refractivity (Wildman–Crippen MR) is 93.8 cm³/mol. The monoisotopic (exact) mass is 328 g/mol. The summed E-state index contributed by atoms with van der Waals surface area (Å²) < 4.78 is 0. The van der Waals surface area contributed by atoms with Gasteiger partial charge in [-0.3, -0.25) is 9.69 Å². The van der Waals surface area contributed by atoms with Gasteiger partial charge in [-0.15, -0.1) is 0 Å². The second-order valence-corrected chi connectivity index (χ2v) is 6.50. The van der Waals surface area contributed by atoms with Gasteiger partial charge in [0, 0.05) is 43.3 Å². The Balaban J connectivity index is 1.54. The van der Waals surface area contributed by atoms with Crippen molar-refractivity contribution in [1.82, 2.24) is 9.80 Å². The molecule has 23 heavy (non-hydrogen) atoms. The van der Waals surface area contributed by atoms with Gasteiger partial charge in [0.15, 0.2) is 0 Å². The first-order valence-electron chi connectivity index (χ1n) is 7.94. The summed E-state index contributed by atoms with van der Waals surface area (Å²) in [6.45, 7) is 6.30. The van der Waals surface area contributed by atoms with Crippen LogP contribution in [0.1, 0.15) is 21.5 Å². The lowest BCUT2D eigenvalue weighted by molar-refractivity contribution is 0.0628. The first kappa shape index (κ1) is 16.0. The topological polar surface area (TPSA) is 23.6 Å². The van der Waals surface area contributed by atoms with Gasteiger partial charge in [-0.25, -0.2) is 0 Å². The summed E-state index contributed by atoms with van der Waals surface area (Å²) in [5.41, 5.74) is 3.21. The molecule has 1 saturated heterocycles. The maximum absolute atomic E-state index is 12.5. The van der Waals surface area contributed by atoms with Crippen LogP contribution in [0.2, 0.25) is 5.02 Å². The maximum Gasteiger partial charge on any atom is 0.253 e. The number of piperazine rings is 1. The molecule has 4 heteroatoms. The van der Waals surface area contributed by atoms with Gasteiger partial charge in [0.1, 0.15) is 0 Å². The number of halogens is 1. The number of carbonyl (C=O) groups is 1. The molecule has 0 radical (unpaired) electrons. The molecule has 0 aliphatic carbocycles. The number of benzene rings is 2. The SMILES string of the molecule is Cc1ccc(C(=O)N2CCN(Cc3ccc(Cl)cc3)CC2)cc1. The zero-order valence-corrected chi connectivity index (χ0v) is 14.1. The molecule has 0 N–H and O–H groups in total. The van der Waals surface area contributed by atoms with Gasteiger partial charge in [-0.05, 0) is 36.8 Å². The summed E-state index contributed by atoms with van der Waals surface area (Å²) >= 11 is 5.92. The number of hydrogen-bond acceptors (Lipinski definition) is 2. The van der Waals surface area contributed by atoms with Crippen LogP contribution >= 0.6 is 11.6 Å². The number of carbonyl (C=O) groups excluding carboxylic acids is 1. The second-order valence-electron chi connectivity index (χ2n) is 6.06. The van der Waals surface area contributed by atoms with E-state index in [1.165, 1.54) is 11.1 Å². The van der Waals surface area contributed by atoms with Crippen LogP contribution in [-0.4, -0.2) is 41.9 Å². The molecule has 2 aromatic rings. The Morgan fingerprint density at radius 3 is 2.17 bits per heavy atom. The fraction of sp³-hybridized carbons (Fsp3) is 0.316. The van der Waals surface area contributed by atoms with Crippen molar-refractivity contribution in [3.63, 3.8) is 0 Å². The lowest BCUT2D eigenvalue weighted by Gasteiger charge is -2.34. The molecule has 1 aliphatic heterocycles. The van der Waals surface area contributed by atoms with E-state index in [4.69, 9.17) is 11.6 Å². The van der Waals surface area contributed by atoms with Crippen LogP contribution in [0.5, 0.6) is 0 Å². The minimum Gasteiger partial charge on any atom is -0.336 e. The van der Waals surface area contributed by atoms with E-state index in [9.17, 15) is 4.79 Å². The molecule has 0 atom stereocenters. The van der Waals surface area contributed by atoms with Crippen molar-refractivity contribution in [2.24, 2.45) is 0 Å². The summed E-state index contributed by atoms with van der Waals surface area (Å²) in [7, 11) is 0. The summed E-state index contributed by atoms with van der Waals surface area (Å²) in [6, 6.07) is 15.8. The first-order chi connectivity index (χ1) is 11.1. The molecule has 1 aliphatic rings. The molecular formula is C19H21ClN2O. The van der Waals surface area contributed by atoms with Gasteiger partial charge in [-0.1, -0.05) is 41.4 Å². The summed E-state index contributed by atoms with van der Waals surface area (Å²) in [5.74, 6) is 0.135. The number of amides is 1. The Hall–Kier alpha value is -1.84. The molecule has 120 valence electrons. The van der Waals surface area contributed by atoms with Gasteiger partial charge in [0.25, 0.3) is 5.91 Å². The molecule has 3 nitrogen and oxygen atoms in total. The van der Waals surface area contributed by atoms with Crippen LogP contribution in [0.25, 0.3) is 0 Å². The van der Waals surface area contributed by atoms with Crippen LogP contribution in [0.3, 0.4) is 0 Å². The zero-order valence-electron chi connectivity index (χ0n) is 13.3. The van der Waals surface area contributed by atoms with Crippen LogP contribution in [0.4, 0.5) is 0 Å². The molecule has 0 spiro atoms. The highest BCUT2D eigenvalue weighted by molar-refractivity contribution is 6.30. The highest BCUT2D eigenvalue weighted by atomic mass is 35.5. The van der Waals surface area contributed by atoms with E-state index in [1.807, 2.05) is 48.2 Å². The fourth-order valence-electron chi connectivity index (χ4n) is 2.84. The summed E-state index contributed by atoms with van der Waals surface area (Å²) in [4.78, 5) is 16.8. The van der Waals surface area contributed by atoms with E-state index < -0.39 is 0 Å². The first-order valence-corrected chi connectivity index (χ1v) is 8.32. The lowest BCUT2D eigenvalue weighted by Crippen LogP contribution is -2.48. The lowest BCUT2D eigenvalue weighted by atomic mass is 10.1. The van der Waals surface area contributed by atoms with Gasteiger partial charge in [-0.2, -0.15) is 0 Å². The Morgan fingerprint density at radius 2 is 1.57 bits per heavy atom. The molecule has 1 amide bonds. The van der Waals surface area contributed by atoms with E-state index in [0.717, 1.165) is 43.3 Å². The van der Waals surface area contributed by atoms with Crippen molar-refractivity contribution in [3.8, 4) is 0 Å². The molecule has 0 aromatic heterocycles. The van der Waals surface area contributed by atoms with Crippen molar-refractivity contribution in [2.75, 3.05) is 26.2 Å². The smallest absolute Gasteiger partial charge is 0.253 e. The van der Waals surface area contributed by atoms with E-state index >= 15 is 0 Å². The molecular weight excluding hydrogens is 308 g/mol. The zero-order chi connectivity index (χ0) is 16.2. The minimum atomic E-state index is 0.135. The van der Waals surface area contributed by atoms with Crippen molar-refractivity contribution in [3.05, 3.63) is 70.2 Å². The maximum atomic E-state index is 12.5. The highest BCUT2D eigenvalue weighted by Crippen LogP contribution is 2.14. The van der Waals surface area contributed by atoms with Crippen molar-refractivity contribution in [1.29, 1.82) is 0 Å². The van der Waals surface area contributed by atoms with Gasteiger partial charge >= 0.3 is 0 Å². The molecule has 2 aromatic carbocycles. The van der Waals surface area contributed by atoms with Gasteiger partial charge in [0.2, 0.25) is 0 Å². The highest BCUT2D eigenvalue weighted by Gasteiger charge is 2.21. The largest absolute Gasteiger partial charge is 0.336 e. The number of hydrogen-bond donors (Lipinski definition) is 0. The quantitative estimate of drug-likeness (QED) is 0.859. The van der Waals surface area contributed by atoms with E-state index in [2.05, 4.69) is 17.0 Å². The third kappa shape index (κ3) is 4.12. The summed E-state index contributed by atoms with van der Waals surface area (Å²) in [5, 5.41) is 0.766. The third-order valence-corrected chi connectivity index (χ3v) is 4.53. The Bertz CT molecular complexity index is 659. The number of aryl methyl sites for hydroxylation is 1. The molecule has 0 bridgehead atoms. The number of rotatable bonds is 3. The van der Waals surface area contributed by atoms with Crippen LogP contribution < -0.4 is 0 Å². The average Bonchev–Trinajstić information content (AvgIpc) is 2.58. The molecule has 1 fully saturated rings. The van der Waals surface area contributed by atoms with Crippen LogP contribution in [0.15, 0.2) is 48.5 Å². The Labute approximate surface area is 142 Å². The van der Waals surface area contributed by atoms with E-state index in [-0.39, 0.29) is 5.91 Å². The number of nitrogens with zero attached hydrogens (tertiary/aromatic N) is 2. The summed E-state index contributed by atoms with van der Waals surface area (Å²) in [6.07, 6.45) is 0. The van der Waals surface area contributed by atoms with E-state index in [1.54, 1.807) is 0 Å². The van der Waals surface area contributed by atoms with Crippen molar-refractivity contribution in [2.45, 2.75) is 13.5 Å². The Morgan fingerprint density at radius 1 is 0.957 bits per heavy atom. The van der Waals surface area contributed by atoms with E-state index in [0.29, 0.717) is 0 Å². The standard InChI is InChI=1S/C19H21ClN2O/c1-15-2-6-17(7-3-15)19(23)22-12-10-21(11-13-22)14-16-4-8-18(20)9-5-16/h2-9H,10-14H2,1H3. The van der Waals surface area contributed by atoms with Crippen molar-refractivity contribution >= 4 is 17.5 Å². The molecule has 3 rings (SSSR count). The normalized spacial score (nSPS) is 15.7. The minimum absolute atomic E-state index is 0.135. The predicted octanol–water partition coefficient (Wildman–Crippen LogP) is 3.61. The van der Waals surface area contributed by atoms with Crippen LogP contribution in [0, 0.1) is 6.92 Å². The average molecular weight is 329 g/mol. The second kappa shape index (κ2) is 7.16. The fourth-order valence-corrected chi connectivity index (χ4v) is 2.96.